The zero-order valence-corrected chi connectivity index (χ0v) is 26.5. The highest BCUT2D eigenvalue weighted by Crippen LogP contribution is 2.52. The predicted molar refractivity (Wildman–Crippen MR) is 163 cm³/mol. The number of piperidine rings is 1. The van der Waals surface area contributed by atoms with Gasteiger partial charge in [-0.25, -0.2) is 8.78 Å². The molecule has 6 heteroatoms. The fraction of sp³-hybridized carbons (Fsp3) is 0.618. The van der Waals surface area contributed by atoms with Gasteiger partial charge in [-0.3, -0.25) is 9.69 Å². The molecule has 0 N–H and O–H groups in total. The molecule has 0 bridgehead atoms. The van der Waals surface area contributed by atoms with Crippen molar-refractivity contribution < 1.29 is 13.6 Å². The van der Waals surface area contributed by atoms with Crippen molar-refractivity contribution in [2.45, 2.75) is 104 Å². The van der Waals surface area contributed by atoms with E-state index in [9.17, 15) is 13.6 Å². The lowest BCUT2D eigenvalue weighted by Gasteiger charge is -2.39. The van der Waals surface area contributed by atoms with Crippen LogP contribution < -0.4 is 0 Å². The Hall–Kier alpha value is -1.98. The molecule has 3 nitrogen and oxygen atoms in total. The van der Waals surface area contributed by atoms with Crippen molar-refractivity contribution in [1.29, 1.82) is 0 Å². The summed E-state index contributed by atoms with van der Waals surface area (Å²) >= 11 is 6.28. The Morgan fingerprint density at radius 1 is 1.02 bits per heavy atom. The molecule has 2 fully saturated rings. The summed E-state index contributed by atoms with van der Waals surface area (Å²) in [6.07, 6.45) is 5.31. The molecular formula is C34H49ClF2N2O. The van der Waals surface area contributed by atoms with Crippen LogP contribution in [-0.2, 0) is 10.2 Å². The number of nitrogens with zero attached hydrogens (tertiary/aromatic N) is 2. The zero-order chi connectivity index (χ0) is 29.8. The van der Waals surface area contributed by atoms with Crippen molar-refractivity contribution in [3.8, 4) is 0 Å². The number of benzene rings is 2. The van der Waals surface area contributed by atoms with Gasteiger partial charge in [0.25, 0.3) is 0 Å². The average Bonchev–Trinajstić information content (AvgIpc) is 3.45. The minimum absolute atomic E-state index is 0.116. The largest absolute Gasteiger partial charge is 0.345 e. The number of hydrogen-bond donors (Lipinski definition) is 0. The Morgan fingerprint density at radius 3 is 2.17 bits per heavy atom. The molecule has 2 aromatic rings. The van der Waals surface area contributed by atoms with Crippen molar-refractivity contribution in [2.75, 3.05) is 26.2 Å². The van der Waals surface area contributed by atoms with Crippen LogP contribution in [0.4, 0.5) is 8.78 Å². The summed E-state index contributed by atoms with van der Waals surface area (Å²) in [6, 6.07) is 8.37. The zero-order valence-electron chi connectivity index (χ0n) is 25.8. The highest BCUT2D eigenvalue weighted by atomic mass is 35.5. The standard InChI is InChI=1S/C16H20ClNO.C14H19F2N.C4H10/c1-11-7-14-13(8-15(11)17)12(2)9-16(14)3-5-18(10-19)6-4-16;1-14(2,3)17-7-6-10(9-17)12-5-4-11(15)8-13(12)16;1-4(2)3/h7-8,10,12H,3-6,9H2,1-2H3;4-5,8,10H,6-7,9H2,1-3H3;4H,1-3H3. The number of rotatable bonds is 2. The van der Waals surface area contributed by atoms with E-state index in [1.54, 1.807) is 6.07 Å². The maximum Gasteiger partial charge on any atom is 0.209 e. The lowest BCUT2D eigenvalue weighted by Crippen LogP contribution is -2.40. The molecule has 2 saturated heterocycles. The summed E-state index contributed by atoms with van der Waals surface area (Å²) in [5, 5.41) is 0.882. The molecule has 5 rings (SSSR count). The first kappa shape index (κ1) is 32.5. The highest BCUT2D eigenvalue weighted by Gasteiger charge is 2.44. The molecule has 2 unspecified atom stereocenters. The first-order valence-corrected chi connectivity index (χ1v) is 15.2. The van der Waals surface area contributed by atoms with Crippen LogP contribution in [0.3, 0.4) is 0 Å². The van der Waals surface area contributed by atoms with E-state index in [4.69, 9.17) is 11.6 Å². The SMILES string of the molecule is CC(C)(C)N1CCC(c2ccc(F)cc2F)C1.CC(C)C.Cc1cc2c(cc1Cl)C(C)CC21CCN(C=O)CC1. The fourth-order valence-corrected chi connectivity index (χ4v) is 6.53. The molecule has 40 heavy (non-hydrogen) atoms. The highest BCUT2D eigenvalue weighted by molar-refractivity contribution is 6.31. The van der Waals surface area contributed by atoms with E-state index in [1.807, 2.05) is 4.90 Å². The number of carbonyl (C=O) groups excluding carboxylic acids is 1. The van der Waals surface area contributed by atoms with Crippen LogP contribution in [-0.4, -0.2) is 47.9 Å². The van der Waals surface area contributed by atoms with Crippen LogP contribution in [0.2, 0.25) is 5.02 Å². The van der Waals surface area contributed by atoms with Crippen LogP contribution in [0.15, 0.2) is 30.3 Å². The van der Waals surface area contributed by atoms with Gasteiger partial charge in [0, 0.05) is 42.2 Å². The monoisotopic (exact) mass is 574 g/mol. The van der Waals surface area contributed by atoms with Gasteiger partial charge in [0.1, 0.15) is 11.6 Å². The number of hydrogen-bond acceptors (Lipinski definition) is 2. The maximum atomic E-state index is 13.7. The number of fused-ring (bicyclic) bond motifs is 2. The molecule has 2 atom stereocenters. The molecule has 1 aliphatic carbocycles. The molecule has 2 heterocycles. The third-order valence-electron chi connectivity index (χ3n) is 8.57. The van der Waals surface area contributed by atoms with Crippen molar-refractivity contribution in [2.24, 2.45) is 5.92 Å². The van der Waals surface area contributed by atoms with Gasteiger partial charge < -0.3 is 4.90 Å². The molecule has 1 spiro atoms. The first-order valence-electron chi connectivity index (χ1n) is 14.9. The van der Waals surface area contributed by atoms with E-state index in [2.05, 4.69) is 72.4 Å². The van der Waals surface area contributed by atoms with E-state index in [-0.39, 0.29) is 16.9 Å². The molecule has 0 aromatic heterocycles. The second-order valence-corrected chi connectivity index (χ2v) is 14.1. The molecule has 3 aliphatic rings. The third kappa shape index (κ3) is 7.85. The van der Waals surface area contributed by atoms with Gasteiger partial charge in [-0.15, -0.1) is 0 Å². The molecule has 2 aromatic carbocycles. The van der Waals surface area contributed by atoms with Crippen LogP contribution in [0.1, 0.15) is 108 Å². The smallest absolute Gasteiger partial charge is 0.209 e. The molecular weight excluding hydrogens is 526 g/mol. The van der Waals surface area contributed by atoms with Crippen LogP contribution in [0, 0.1) is 24.5 Å². The second kappa shape index (κ2) is 13.3. The van der Waals surface area contributed by atoms with Gasteiger partial charge in [-0.05, 0) is 112 Å². The van der Waals surface area contributed by atoms with Crippen molar-refractivity contribution in [3.05, 3.63) is 69.2 Å². The topological polar surface area (TPSA) is 23.6 Å². The number of halogens is 3. The van der Waals surface area contributed by atoms with Crippen LogP contribution >= 0.6 is 11.6 Å². The molecule has 0 radical (unpaired) electrons. The summed E-state index contributed by atoms with van der Waals surface area (Å²) in [6.45, 7) is 21.0. The number of aryl methyl sites for hydroxylation is 1. The third-order valence-corrected chi connectivity index (χ3v) is 8.98. The quantitative estimate of drug-likeness (QED) is 0.334. The van der Waals surface area contributed by atoms with Crippen LogP contribution in [0.25, 0.3) is 0 Å². The van der Waals surface area contributed by atoms with E-state index < -0.39 is 11.6 Å². The normalized spacial score (nSPS) is 21.9. The van der Waals surface area contributed by atoms with E-state index >= 15 is 0 Å². The van der Waals surface area contributed by atoms with Gasteiger partial charge in [0.05, 0.1) is 0 Å². The Balaban J connectivity index is 0.000000196. The number of amides is 1. The second-order valence-electron chi connectivity index (χ2n) is 13.7. The van der Waals surface area contributed by atoms with Crippen molar-refractivity contribution >= 4 is 18.0 Å². The van der Waals surface area contributed by atoms with Gasteiger partial charge in [0.15, 0.2) is 0 Å². The van der Waals surface area contributed by atoms with Gasteiger partial charge in [0.2, 0.25) is 6.41 Å². The van der Waals surface area contributed by atoms with E-state index in [0.717, 1.165) is 68.9 Å². The first-order chi connectivity index (χ1) is 18.7. The molecule has 2 aliphatic heterocycles. The summed E-state index contributed by atoms with van der Waals surface area (Å²) in [5.41, 5.74) is 5.14. The summed E-state index contributed by atoms with van der Waals surface area (Å²) < 4.78 is 26.5. The van der Waals surface area contributed by atoms with Gasteiger partial charge >= 0.3 is 0 Å². The summed E-state index contributed by atoms with van der Waals surface area (Å²) in [5.74, 6) is 0.688. The van der Waals surface area contributed by atoms with Crippen molar-refractivity contribution in [3.63, 3.8) is 0 Å². The number of likely N-dealkylation sites (tertiary alicyclic amines) is 2. The van der Waals surface area contributed by atoms with Crippen molar-refractivity contribution in [1.82, 2.24) is 9.80 Å². The Bertz CT molecular complexity index is 1150. The predicted octanol–water partition coefficient (Wildman–Crippen LogP) is 8.86. The van der Waals surface area contributed by atoms with Gasteiger partial charge in [-0.1, -0.05) is 51.4 Å². The Labute approximate surface area is 246 Å². The maximum absolute atomic E-state index is 13.7. The van der Waals surface area contributed by atoms with E-state index in [0.29, 0.717) is 11.5 Å². The Kier molecular flexibility index (Phi) is 10.8. The Morgan fingerprint density at radius 2 is 1.65 bits per heavy atom. The summed E-state index contributed by atoms with van der Waals surface area (Å²) in [7, 11) is 0. The minimum atomic E-state index is -0.503. The van der Waals surface area contributed by atoms with E-state index in [1.165, 1.54) is 29.2 Å². The summed E-state index contributed by atoms with van der Waals surface area (Å²) in [4.78, 5) is 15.1. The number of carbonyl (C=O) groups is 1. The van der Waals surface area contributed by atoms with Crippen LogP contribution in [0.5, 0.6) is 0 Å². The lowest BCUT2D eigenvalue weighted by atomic mass is 9.73. The van der Waals surface area contributed by atoms with Gasteiger partial charge in [-0.2, -0.15) is 0 Å². The molecule has 1 amide bonds. The molecule has 0 saturated carbocycles. The molecule has 222 valence electrons. The fourth-order valence-electron chi connectivity index (χ4n) is 6.36. The lowest BCUT2D eigenvalue weighted by molar-refractivity contribution is -0.119. The minimum Gasteiger partial charge on any atom is -0.345 e. The average molecular weight is 575 g/mol.